The highest BCUT2D eigenvalue weighted by atomic mass is 32.2. The Morgan fingerprint density at radius 1 is 1.43 bits per heavy atom. The lowest BCUT2D eigenvalue weighted by molar-refractivity contribution is -0.384. The highest BCUT2D eigenvalue weighted by Gasteiger charge is 2.13. The molecule has 0 aliphatic heterocycles. The average Bonchev–Trinajstić information content (AvgIpc) is 2.44. The zero-order valence-corrected chi connectivity index (χ0v) is 11.4. The van der Waals surface area contributed by atoms with Crippen LogP contribution in [0.1, 0.15) is 10.4 Å². The molecule has 1 aromatic carbocycles. The largest absolute Gasteiger partial charge is 0.339 e. The van der Waals surface area contributed by atoms with Crippen LogP contribution >= 0.6 is 11.8 Å². The number of rotatable bonds is 4. The van der Waals surface area contributed by atoms with E-state index in [4.69, 9.17) is 0 Å². The van der Waals surface area contributed by atoms with Gasteiger partial charge in [0.15, 0.2) is 11.4 Å². The number of aldehydes is 1. The van der Waals surface area contributed by atoms with Gasteiger partial charge in [0.2, 0.25) is 0 Å². The second kappa shape index (κ2) is 5.71. The summed E-state index contributed by atoms with van der Waals surface area (Å²) in [6.07, 6.45) is 0.471. The van der Waals surface area contributed by atoms with Gasteiger partial charge in [-0.2, -0.15) is 4.98 Å². The molecule has 10 heteroatoms. The summed E-state index contributed by atoms with van der Waals surface area (Å²) in [4.78, 5) is 47.4. The average molecular weight is 308 g/mol. The zero-order chi connectivity index (χ0) is 15.6. The fourth-order valence-electron chi connectivity index (χ4n) is 1.48. The van der Waals surface area contributed by atoms with Crippen LogP contribution in [0.4, 0.5) is 5.69 Å². The third-order valence-electron chi connectivity index (χ3n) is 2.48. The molecule has 0 atom stereocenters. The van der Waals surface area contributed by atoms with Gasteiger partial charge in [-0.15, -0.1) is 0 Å². The van der Waals surface area contributed by atoms with Gasteiger partial charge in [0, 0.05) is 29.6 Å². The second-order valence-corrected chi connectivity index (χ2v) is 4.91. The highest BCUT2D eigenvalue weighted by Crippen LogP contribution is 2.29. The van der Waals surface area contributed by atoms with Gasteiger partial charge in [0.05, 0.1) is 4.92 Å². The van der Waals surface area contributed by atoms with E-state index in [1.165, 1.54) is 23.9 Å². The minimum Gasteiger partial charge on any atom is -0.298 e. The van der Waals surface area contributed by atoms with E-state index in [9.17, 15) is 24.5 Å². The zero-order valence-electron chi connectivity index (χ0n) is 10.6. The van der Waals surface area contributed by atoms with Crippen molar-refractivity contribution in [2.75, 3.05) is 0 Å². The van der Waals surface area contributed by atoms with Crippen molar-refractivity contribution < 1.29 is 9.72 Å². The molecule has 108 valence electrons. The molecule has 0 aliphatic carbocycles. The maximum absolute atomic E-state index is 11.2. The minimum atomic E-state index is -0.954. The van der Waals surface area contributed by atoms with Crippen LogP contribution in [0.15, 0.2) is 37.8 Å². The van der Waals surface area contributed by atoms with E-state index in [0.717, 1.165) is 17.8 Å². The molecule has 0 aliphatic rings. The molecule has 21 heavy (non-hydrogen) atoms. The van der Waals surface area contributed by atoms with Crippen molar-refractivity contribution in [1.29, 1.82) is 0 Å². The van der Waals surface area contributed by atoms with E-state index >= 15 is 0 Å². The summed E-state index contributed by atoms with van der Waals surface area (Å²) in [7, 11) is 1.47. The van der Waals surface area contributed by atoms with E-state index in [0.29, 0.717) is 11.2 Å². The molecule has 0 fully saturated rings. The lowest BCUT2D eigenvalue weighted by Gasteiger charge is -2.07. The first-order chi connectivity index (χ1) is 9.92. The monoisotopic (exact) mass is 308 g/mol. The Labute approximate surface area is 120 Å². The number of hydrogen-bond acceptors (Lipinski definition) is 7. The van der Waals surface area contributed by atoms with Crippen LogP contribution in [-0.4, -0.2) is 26.0 Å². The number of carbonyl (C=O) groups is 1. The van der Waals surface area contributed by atoms with Crippen LogP contribution in [0, 0.1) is 10.1 Å². The molecule has 0 bridgehead atoms. The number of aromatic amines is 1. The molecule has 1 heterocycles. The van der Waals surface area contributed by atoms with E-state index in [1.54, 1.807) is 0 Å². The van der Waals surface area contributed by atoms with Crippen LogP contribution in [0.2, 0.25) is 0 Å². The number of benzene rings is 1. The van der Waals surface area contributed by atoms with Crippen LogP contribution in [-0.2, 0) is 7.05 Å². The maximum Gasteiger partial charge on any atom is 0.339 e. The van der Waals surface area contributed by atoms with Gasteiger partial charge in [0.25, 0.3) is 5.69 Å². The number of nitrogens with one attached hydrogen (secondary N) is 1. The van der Waals surface area contributed by atoms with Gasteiger partial charge < -0.3 is 0 Å². The SMILES string of the molecule is Cn1[nH]c(=O)c(=O)nc1Sc1ccc([N+](=O)[O-])cc1C=O. The van der Waals surface area contributed by atoms with E-state index in [1.807, 2.05) is 0 Å². The lowest BCUT2D eigenvalue weighted by Crippen LogP contribution is -2.33. The number of aryl methyl sites for hydroxylation is 1. The Morgan fingerprint density at radius 3 is 2.76 bits per heavy atom. The standard InChI is InChI=1S/C11H8N4O5S/c1-14-11(12-9(17)10(18)13-14)21-8-3-2-7(15(19)20)4-6(8)5-16/h2-5H,1H3,(H,13,18). The summed E-state index contributed by atoms with van der Waals surface area (Å²) in [5, 5.41) is 13.1. The van der Waals surface area contributed by atoms with Crippen molar-refractivity contribution in [3.05, 3.63) is 54.6 Å². The van der Waals surface area contributed by atoms with Crippen molar-refractivity contribution in [2.24, 2.45) is 7.05 Å². The van der Waals surface area contributed by atoms with Crippen molar-refractivity contribution in [2.45, 2.75) is 10.1 Å². The van der Waals surface area contributed by atoms with Crippen LogP contribution in [0.5, 0.6) is 0 Å². The van der Waals surface area contributed by atoms with Gasteiger partial charge in [-0.05, 0) is 17.8 Å². The highest BCUT2D eigenvalue weighted by molar-refractivity contribution is 7.99. The van der Waals surface area contributed by atoms with Crippen LogP contribution < -0.4 is 11.1 Å². The van der Waals surface area contributed by atoms with Gasteiger partial charge >= 0.3 is 11.1 Å². The first-order valence-electron chi connectivity index (χ1n) is 5.51. The molecule has 0 radical (unpaired) electrons. The summed E-state index contributed by atoms with van der Waals surface area (Å²) in [6, 6.07) is 3.74. The lowest BCUT2D eigenvalue weighted by atomic mass is 10.2. The molecule has 0 spiro atoms. The number of non-ortho nitro benzene ring substituents is 1. The topological polar surface area (TPSA) is 128 Å². The van der Waals surface area contributed by atoms with Crippen molar-refractivity contribution in [3.63, 3.8) is 0 Å². The van der Waals surface area contributed by atoms with Crippen LogP contribution in [0.25, 0.3) is 0 Å². The van der Waals surface area contributed by atoms with Crippen LogP contribution in [0.3, 0.4) is 0 Å². The second-order valence-electron chi connectivity index (χ2n) is 3.90. The molecule has 9 nitrogen and oxygen atoms in total. The number of nitro benzene ring substituents is 1. The Bertz CT molecular complexity index is 841. The molecular weight excluding hydrogens is 300 g/mol. The molecule has 2 aromatic rings. The quantitative estimate of drug-likeness (QED) is 0.373. The number of hydrogen-bond donors (Lipinski definition) is 1. The number of H-pyrrole nitrogens is 1. The fraction of sp³-hybridized carbons (Fsp3) is 0.0909. The normalized spacial score (nSPS) is 10.3. The Kier molecular flexibility index (Phi) is 3.98. The number of carbonyl (C=O) groups excluding carboxylic acids is 1. The molecule has 1 aromatic heterocycles. The maximum atomic E-state index is 11.2. The van der Waals surface area contributed by atoms with Gasteiger partial charge in [-0.3, -0.25) is 34.3 Å². The molecular formula is C11H8N4O5S. The van der Waals surface area contributed by atoms with Crippen molar-refractivity contribution in [3.8, 4) is 0 Å². The molecule has 0 amide bonds. The summed E-state index contributed by atoms with van der Waals surface area (Å²) in [5.41, 5.74) is -1.94. The van der Waals surface area contributed by atoms with Gasteiger partial charge in [0.1, 0.15) is 0 Å². The molecule has 1 N–H and O–H groups in total. The van der Waals surface area contributed by atoms with Gasteiger partial charge in [-0.1, -0.05) is 0 Å². The molecule has 0 saturated carbocycles. The number of nitrogens with zero attached hydrogens (tertiary/aromatic N) is 3. The summed E-state index contributed by atoms with van der Waals surface area (Å²) >= 11 is 0.937. The first-order valence-corrected chi connectivity index (χ1v) is 6.33. The van der Waals surface area contributed by atoms with Crippen molar-refractivity contribution in [1.82, 2.24) is 14.8 Å². The third kappa shape index (κ3) is 3.05. The predicted octanol–water partition coefficient (Wildman–Crippen LogP) is 0.340. The molecule has 0 saturated heterocycles. The summed E-state index contributed by atoms with van der Waals surface area (Å²) in [6.45, 7) is 0. The fourth-order valence-corrected chi connectivity index (χ4v) is 2.35. The Balaban J connectivity index is 2.47. The minimum absolute atomic E-state index is 0.0923. The number of nitro groups is 1. The predicted molar refractivity (Wildman–Crippen MR) is 72.7 cm³/mol. The third-order valence-corrected chi connectivity index (χ3v) is 3.62. The summed E-state index contributed by atoms with van der Waals surface area (Å²) < 4.78 is 1.23. The summed E-state index contributed by atoms with van der Waals surface area (Å²) in [5.74, 6) is 0. The van der Waals surface area contributed by atoms with Crippen molar-refractivity contribution >= 4 is 23.7 Å². The Hall–Kier alpha value is -2.75. The number of aromatic nitrogens is 3. The molecule has 0 unspecified atom stereocenters. The Morgan fingerprint density at radius 2 is 2.14 bits per heavy atom. The smallest absolute Gasteiger partial charge is 0.298 e. The van der Waals surface area contributed by atoms with E-state index in [-0.39, 0.29) is 16.4 Å². The molecule has 2 rings (SSSR count). The first kappa shape index (κ1) is 14.7. The van der Waals surface area contributed by atoms with E-state index < -0.39 is 16.0 Å². The van der Waals surface area contributed by atoms with E-state index in [2.05, 4.69) is 10.1 Å². The van der Waals surface area contributed by atoms with Gasteiger partial charge in [-0.25, -0.2) is 0 Å².